The molecule has 2 heteroatoms. The van der Waals surface area contributed by atoms with Gasteiger partial charge in [0.25, 0.3) is 0 Å². The first-order valence-corrected chi connectivity index (χ1v) is 16.5. The van der Waals surface area contributed by atoms with Gasteiger partial charge in [0, 0.05) is 11.1 Å². The van der Waals surface area contributed by atoms with Crippen molar-refractivity contribution < 1.29 is 4.74 Å². The number of allylic oxidation sites excluding steroid dienone is 6. The summed E-state index contributed by atoms with van der Waals surface area (Å²) in [7, 11) is 0. The Kier molecular flexibility index (Phi) is 11.6. The molecule has 1 aliphatic rings. The molecule has 3 aromatic rings. The van der Waals surface area contributed by atoms with E-state index in [-0.39, 0.29) is 5.60 Å². The number of fused-ring (bicyclic) bond motifs is 1. The molecular weight excluding hydrogens is 534 g/mol. The molecule has 1 heterocycles. The highest BCUT2D eigenvalue weighted by Crippen LogP contribution is 2.45. The minimum atomic E-state index is -0.154. The summed E-state index contributed by atoms with van der Waals surface area (Å²) >= 11 is 0. The van der Waals surface area contributed by atoms with Crippen LogP contribution in [-0.4, -0.2) is 11.3 Å². The Morgan fingerprint density at radius 2 is 1.27 bits per heavy atom. The largest absolute Gasteiger partial charge is 0.487 e. The quantitative estimate of drug-likeness (QED) is 0.153. The maximum Gasteiger partial charge on any atom is 0.126 e. The van der Waals surface area contributed by atoms with E-state index in [4.69, 9.17) is 9.73 Å². The highest BCUT2D eigenvalue weighted by molar-refractivity contribution is 6.14. The van der Waals surface area contributed by atoms with Crippen molar-refractivity contribution in [2.75, 3.05) is 0 Å². The minimum absolute atomic E-state index is 0.154. The zero-order valence-corrected chi connectivity index (χ0v) is 28.5. The summed E-state index contributed by atoms with van der Waals surface area (Å²) in [6.07, 6.45) is 15.9. The van der Waals surface area contributed by atoms with Crippen LogP contribution in [0, 0.1) is 20.8 Å². The van der Waals surface area contributed by atoms with Crippen LogP contribution in [0.1, 0.15) is 113 Å². The second-order valence-electron chi connectivity index (χ2n) is 13.3. The molecule has 0 saturated carbocycles. The smallest absolute Gasteiger partial charge is 0.126 e. The molecule has 2 nitrogen and oxygen atoms in total. The monoisotopic (exact) mass is 587 g/mol. The highest BCUT2D eigenvalue weighted by atomic mass is 16.5. The fourth-order valence-electron chi connectivity index (χ4n) is 6.20. The van der Waals surface area contributed by atoms with E-state index >= 15 is 0 Å². The zero-order chi connectivity index (χ0) is 31.7. The van der Waals surface area contributed by atoms with E-state index in [1.807, 2.05) is 0 Å². The van der Waals surface area contributed by atoms with Crippen LogP contribution in [0.3, 0.4) is 0 Å². The van der Waals surface area contributed by atoms with Gasteiger partial charge in [-0.15, -0.1) is 0 Å². The second-order valence-corrected chi connectivity index (χ2v) is 13.3. The molecule has 0 fully saturated rings. The van der Waals surface area contributed by atoms with Crippen LogP contribution in [0.2, 0.25) is 0 Å². The Bertz CT molecular complexity index is 1490. The van der Waals surface area contributed by atoms with Gasteiger partial charge in [0.1, 0.15) is 11.4 Å². The van der Waals surface area contributed by atoms with Crippen molar-refractivity contribution in [3.05, 3.63) is 129 Å². The maximum absolute atomic E-state index is 6.90. The van der Waals surface area contributed by atoms with Gasteiger partial charge in [-0.1, -0.05) is 95.6 Å². The molecule has 232 valence electrons. The number of rotatable bonds is 12. The number of ether oxygens (including phenoxy) is 1. The van der Waals surface area contributed by atoms with Crippen LogP contribution in [0.15, 0.2) is 101 Å². The molecule has 0 radical (unpaired) electrons. The average molecular weight is 588 g/mol. The van der Waals surface area contributed by atoms with Gasteiger partial charge >= 0.3 is 0 Å². The SMILES string of the molecule is CC(C)=CCC/C(C)=C/CC/C(C)=C/CCC1(C)CCc2c(C)c(N=C(c3ccccc3)c3ccccc3)c(C)c(C)c2O1. The standard InChI is InChI=1S/C42H53NO/c1-30(2)18-15-19-31(3)20-16-21-32(4)22-17-28-42(8)29-27-38-35(7)39(33(5)34(6)41(38)44-42)43-40(36-23-11-9-12-24-36)37-25-13-10-14-26-37/h9-14,18,20,22-26H,15-17,19,21,27-29H2,1-8H3/b31-20+,32-22+. The minimum Gasteiger partial charge on any atom is -0.487 e. The van der Waals surface area contributed by atoms with Crippen LogP contribution in [0.4, 0.5) is 5.69 Å². The van der Waals surface area contributed by atoms with Crippen molar-refractivity contribution in [3.8, 4) is 5.75 Å². The molecule has 0 amide bonds. The zero-order valence-electron chi connectivity index (χ0n) is 28.5. The van der Waals surface area contributed by atoms with Crippen molar-refractivity contribution in [1.82, 2.24) is 0 Å². The van der Waals surface area contributed by atoms with E-state index in [1.165, 1.54) is 45.4 Å². The highest BCUT2D eigenvalue weighted by Gasteiger charge is 2.34. The van der Waals surface area contributed by atoms with Crippen LogP contribution in [0.25, 0.3) is 0 Å². The lowest BCUT2D eigenvalue weighted by molar-refractivity contribution is 0.0560. The van der Waals surface area contributed by atoms with Gasteiger partial charge in [0.2, 0.25) is 0 Å². The Balaban J connectivity index is 1.48. The number of hydrogen-bond donors (Lipinski definition) is 0. The van der Waals surface area contributed by atoms with E-state index in [0.717, 1.165) is 73.2 Å². The fraction of sp³-hybridized carbons (Fsp3) is 0.405. The van der Waals surface area contributed by atoms with Crippen molar-refractivity contribution >= 4 is 11.4 Å². The molecule has 1 unspecified atom stereocenters. The van der Waals surface area contributed by atoms with Gasteiger partial charge in [0.05, 0.1) is 11.4 Å². The summed E-state index contributed by atoms with van der Waals surface area (Å²) in [4.78, 5) is 5.38. The summed E-state index contributed by atoms with van der Waals surface area (Å²) in [6.45, 7) is 17.8. The average Bonchev–Trinajstić information content (AvgIpc) is 3.00. The molecule has 44 heavy (non-hydrogen) atoms. The maximum atomic E-state index is 6.90. The van der Waals surface area contributed by atoms with Crippen LogP contribution in [-0.2, 0) is 6.42 Å². The number of nitrogens with zero attached hydrogens (tertiary/aromatic N) is 1. The lowest BCUT2D eigenvalue weighted by Crippen LogP contribution is -2.37. The normalized spacial score (nSPS) is 16.6. The van der Waals surface area contributed by atoms with Gasteiger partial charge in [-0.2, -0.15) is 0 Å². The lowest BCUT2D eigenvalue weighted by atomic mass is 9.84. The summed E-state index contributed by atoms with van der Waals surface area (Å²) < 4.78 is 6.90. The molecule has 0 N–H and O–H groups in total. The van der Waals surface area contributed by atoms with Gasteiger partial charge in [-0.3, -0.25) is 0 Å². The van der Waals surface area contributed by atoms with Crippen molar-refractivity contribution in [2.24, 2.45) is 4.99 Å². The Labute approximate surface area is 267 Å². The van der Waals surface area contributed by atoms with Gasteiger partial charge in [-0.05, 0) is 129 Å². The van der Waals surface area contributed by atoms with Crippen LogP contribution in [0.5, 0.6) is 5.75 Å². The summed E-state index contributed by atoms with van der Waals surface area (Å²) in [6, 6.07) is 21.1. The number of aliphatic imine (C=N–C) groups is 1. The van der Waals surface area contributed by atoms with Crippen LogP contribution >= 0.6 is 0 Å². The number of benzene rings is 3. The predicted octanol–water partition coefficient (Wildman–Crippen LogP) is 12.1. The number of hydrogen-bond acceptors (Lipinski definition) is 2. The molecule has 4 rings (SSSR count). The molecule has 0 bridgehead atoms. The van der Waals surface area contributed by atoms with E-state index in [1.54, 1.807) is 0 Å². The van der Waals surface area contributed by atoms with Crippen LogP contribution < -0.4 is 4.74 Å². The third-order valence-corrected chi connectivity index (χ3v) is 9.20. The van der Waals surface area contributed by atoms with Crippen molar-refractivity contribution in [1.29, 1.82) is 0 Å². The fourth-order valence-corrected chi connectivity index (χ4v) is 6.20. The van der Waals surface area contributed by atoms with Crippen molar-refractivity contribution in [3.63, 3.8) is 0 Å². The first kappa shape index (κ1) is 33.2. The van der Waals surface area contributed by atoms with E-state index in [0.29, 0.717) is 0 Å². The summed E-state index contributed by atoms with van der Waals surface area (Å²) in [5, 5.41) is 0. The Hall–Kier alpha value is -3.65. The topological polar surface area (TPSA) is 21.6 Å². The second kappa shape index (κ2) is 15.4. The first-order valence-electron chi connectivity index (χ1n) is 16.5. The van der Waals surface area contributed by atoms with E-state index < -0.39 is 0 Å². The molecule has 3 aromatic carbocycles. The van der Waals surface area contributed by atoms with Gasteiger partial charge in [-0.25, -0.2) is 4.99 Å². The van der Waals surface area contributed by atoms with Crippen molar-refractivity contribution in [2.45, 2.75) is 112 Å². The van der Waals surface area contributed by atoms with Gasteiger partial charge in [0.15, 0.2) is 0 Å². The predicted molar refractivity (Wildman–Crippen MR) is 191 cm³/mol. The Morgan fingerprint density at radius 3 is 1.84 bits per heavy atom. The molecule has 0 saturated heterocycles. The first-order chi connectivity index (χ1) is 21.1. The van der Waals surface area contributed by atoms with Gasteiger partial charge < -0.3 is 4.74 Å². The molecule has 1 atom stereocenters. The molecular formula is C42H53NO. The Morgan fingerprint density at radius 1 is 0.727 bits per heavy atom. The molecule has 0 aliphatic carbocycles. The molecule has 0 spiro atoms. The molecule has 1 aliphatic heterocycles. The lowest BCUT2D eigenvalue weighted by Gasteiger charge is -2.38. The van der Waals surface area contributed by atoms with E-state index in [2.05, 4.69) is 134 Å². The third-order valence-electron chi connectivity index (χ3n) is 9.20. The molecule has 0 aromatic heterocycles. The summed E-state index contributed by atoms with van der Waals surface area (Å²) in [5.74, 6) is 1.09. The summed E-state index contributed by atoms with van der Waals surface area (Å²) in [5.41, 5.74) is 13.6. The van der Waals surface area contributed by atoms with E-state index in [9.17, 15) is 0 Å². The third kappa shape index (κ3) is 8.72.